The van der Waals surface area contributed by atoms with Gasteiger partial charge in [0, 0.05) is 24.2 Å². The highest BCUT2D eigenvalue weighted by molar-refractivity contribution is 5.77. The first kappa shape index (κ1) is 16.8. The molecular weight excluding hydrogens is 359 g/mol. The lowest BCUT2D eigenvalue weighted by molar-refractivity contribution is -0.140. The molecule has 0 spiro atoms. The molecule has 3 heterocycles. The van der Waals surface area contributed by atoms with Crippen molar-refractivity contribution in [1.29, 1.82) is 0 Å². The van der Waals surface area contributed by atoms with Crippen LogP contribution in [0.2, 0.25) is 0 Å². The number of nitrogens with two attached hydrogens (primary N) is 1. The van der Waals surface area contributed by atoms with Crippen molar-refractivity contribution >= 4 is 5.82 Å². The summed E-state index contributed by atoms with van der Waals surface area (Å²) in [5, 5.41) is 7.75. The molecule has 7 nitrogen and oxygen atoms in total. The molecular formula is C17H12F3N7. The SMILES string of the molecule is Nc1c(-c2cnn(-c3ccccc3)c2)c(C(F)(F)F)nn1-c1ncccn1. The van der Waals surface area contributed by atoms with Gasteiger partial charge in [-0.2, -0.15) is 28.1 Å². The van der Waals surface area contributed by atoms with Crippen LogP contribution >= 0.6 is 0 Å². The number of benzene rings is 1. The minimum absolute atomic E-state index is 0.0535. The zero-order valence-electron chi connectivity index (χ0n) is 13.7. The largest absolute Gasteiger partial charge is 0.435 e. The third kappa shape index (κ3) is 3.01. The van der Waals surface area contributed by atoms with Gasteiger partial charge < -0.3 is 5.73 Å². The normalized spacial score (nSPS) is 11.7. The van der Waals surface area contributed by atoms with E-state index < -0.39 is 11.9 Å². The Balaban J connectivity index is 1.88. The molecule has 0 amide bonds. The Labute approximate surface area is 150 Å². The number of para-hydroxylation sites is 1. The van der Waals surface area contributed by atoms with Gasteiger partial charge in [-0.25, -0.2) is 14.6 Å². The molecule has 0 aliphatic heterocycles. The monoisotopic (exact) mass is 371 g/mol. The van der Waals surface area contributed by atoms with Gasteiger partial charge in [0.25, 0.3) is 5.95 Å². The molecule has 0 aliphatic carbocycles. The lowest BCUT2D eigenvalue weighted by atomic mass is 10.1. The summed E-state index contributed by atoms with van der Waals surface area (Å²) in [6.45, 7) is 0. The molecule has 4 rings (SSSR count). The minimum atomic E-state index is -4.71. The molecule has 3 aromatic heterocycles. The lowest BCUT2D eigenvalue weighted by Gasteiger charge is -2.05. The predicted octanol–water partition coefficient (Wildman–Crippen LogP) is 3.12. The average molecular weight is 371 g/mol. The number of nitrogen functional groups attached to an aromatic ring is 1. The Hall–Kier alpha value is -3.69. The number of aromatic nitrogens is 6. The fraction of sp³-hybridized carbons (Fsp3) is 0.0588. The van der Waals surface area contributed by atoms with Crippen LogP contribution in [0.4, 0.5) is 19.0 Å². The first-order chi connectivity index (χ1) is 12.9. The van der Waals surface area contributed by atoms with Crippen LogP contribution in [-0.2, 0) is 6.18 Å². The van der Waals surface area contributed by atoms with Crippen molar-refractivity contribution in [1.82, 2.24) is 29.5 Å². The molecule has 0 atom stereocenters. The second-order valence-electron chi connectivity index (χ2n) is 5.58. The Morgan fingerprint density at radius 1 is 0.963 bits per heavy atom. The van der Waals surface area contributed by atoms with E-state index in [0.29, 0.717) is 5.69 Å². The lowest BCUT2D eigenvalue weighted by Crippen LogP contribution is -2.09. The molecule has 10 heteroatoms. The quantitative estimate of drug-likeness (QED) is 0.598. The highest BCUT2D eigenvalue weighted by Gasteiger charge is 2.40. The third-order valence-corrected chi connectivity index (χ3v) is 3.82. The summed E-state index contributed by atoms with van der Waals surface area (Å²) in [5.41, 5.74) is 5.49. The van der Waals surface area contributed by atoms with Gasteiger partial charge in [0.2, 0.25) is 0 Å². The third-order valence-electron chi connectivity index (χ3n) is 3.82. The van der Waals surface area contributed by atoms with Crippen molar-refractivity contribution < 1.29 is 13.2 Å². The maximum Gasteiger partial charge on any atom is 0.435 e. The Kier molecular flexibility index (Phi) is 3.87. The standard InChI is InChI=1S/C17H12F3N7/c18-17(19,20)14-13(15(21)27(25-14)16-22-7-4-8-23-16)11-9-24-26(10-11)12-5-2-1-3-6-12/h1-10H,21H2. The van der Waals surface area contributed by atoms with Crippen molar-refractivity contribution in [2.45, 2.75) is 6.18 Å². The summed E-state index contributed by atoms with van der Waals surface area (Å²) < 4.78 is 43.1. The molecule has 0 radical (unpaired) electrons. The van der Waals surface area contributed by atoms with Crippen molar-refractivity contribution in [2.24, 2.45) is 0 Å². The van der Waals surface area contributed by atoms with Crippen LogP contribution in [0.3, 0.4) is 0 Å². The maximum atomic E-state index is 13.6. The van der Waals surface area contributed by atoms with Gasteiger partial charge in [-0.05, 0) is 18.2 Å². The van der Waals surface area contributed by atoms with Crippen molar-refractivity contribution in [3.05, 3.63) is 66.9 Å². The van der Waals surface area contributed by atoms with Gasteiger partial charge in [0.1, 0.15) is 5.82 Å². The molecule has 1 aromatic carbocycles. The molecule has 0 fully saturated rings. The summed E-state index contributed by atoms with van der Waals surface area (Å²) in [6.07, 6.45) is 0.853. The van der Waals surface area contributed by atoms with Crippen molar-refractivity contribution in [3.63, 3.8) is 0 Å². The van der Waals surface area contributed by atoms with E-state index in [0.717, 1.165) is 4.68 Å². The van der Waals surface area contributed by atoms with Crippen LogP contribution in [0.15, 0.2) is 61.2 Å². The zero-order valence-corrected chi connectivity index (χ0v) is 13.7. The summed E-state index contributed by atoms with van der Waals surface area (Å²) in [5.74, 6) is -0.275. The summed E-state index contributed by atoms with van der Waals surface area (Å²) in [4.78, 5) is 7.83. The fourth-order valence-corrected chi connectivity index (χ4v) is 2.64. The summed E-state index contributed by atoms with van der Waals surface area (Å²) in [7, 11) is 0. The van der Waals surface area contributed by atoms with Crippen LogP contribution in [0.25, 0.3) is 22.8 Å². The smallest absolute Gasteiger partial charge is 0.383 e. The molecule has 136 valence electrons. The molecule has 0 bridgehead atoms. The van der Waals surface area contributed by atoms with Crippen LogP contribution < -0.4 is 5.73 Å². The molecule has 27 heavy (non-hydrogen) atoms. The second kappa shape index (κ2) is 6.24. The van der Waals surface area contributed by atoms with E-state index in [1.807, 2.05) is 6.07 Å². The van der Waals surface area contributed by atoms with Crippen LogP contribution in [-0.4, -0.2) is 29.5 Å². The highest BCUT2D eigenvalue weighted by Crippen LogP contribution is 2.40. The predicted molar refractivity (Wildman–Crippen MR) is 91.1 cm³/mol. The van der Waals surface area contributed by atoms with E-state index >= 15 is 0 Å². The molecule has 4 aromatic rings. The summed E-state index contributed by atoms with van der Waals surface area (Å²) >= 11 is 0. The van der Waals surface area contributed by atoms with Gasteiger partial charge >= 0.3 is 6.18 Å². The number of hydrogen-bond donors (Lipinski definition) is 1. The van der Waals surface area contributed by atoms with E-state index in [1.54, 1.807) is 30.3 Å². The Morgan fingerprint density at radius 2 is 1.67 bits per heavy atom. The van der Waals surface area contributed by atoms with Crippen molar-refractivity contribution in [3.8, 4) is 22.8 Å². The topological polar surface area (TPSA) is 87.4 Å². The van der Waals surface area contributed by atoms with Gasteiger partial charge in [0.05, 0.1) is 17.4 Å². The second-order valence-corrected chi connectivity index (χ2v) is 5.58. The van der Waals surface area contributed by atoms with E-state index in [2.05, 4.69) is 20.2 Å². The Bertz CT molecular complexity index is 1070. The minimum Gasteiger partial charge on any atom is -0.383 e. The van der Waals surface area contributed by atoms with E-state index in [1.165, 1.54) is 29.5 Å². The molecule has 0 saturated carbocycles. The highest BCUT2D eigenvalue weighted by atomic mass is 19.4. The van der Waals surface area contributed by atoms with Crippen molar-refractivity contribution in [2.75, 3.05) is 5.73 Å². The number of anilines is 1. The van der Waals surface area contributed by atoms with E-state index in [4.69, 9.17) is 5.73 Å². The molecule has 0 saturated heterocycles. The zero-order chi connectivity index (χ0) is 19.0. The number of halogens is 3. The van der Waals surface area contributed by atoms with Crippen LogP contribution in [0, 0.1) is 0 Å². The maximum absolute atomic E-state index is 13.6. The van der Waals surface area contributed by atoms with Gasteiger partial charge in [-0.3, -0.25) is 0 Å². The number of nitrogens with zero attached hydrogens (tertiary/aromatic N) is 6. The van der Waals surface area contributed by atoms with Crippen LogP contribution in [0.5, 0.6) is 0 Å². The number of hydrogen-bond acceptors (Lipinski definition) is 5. The molecule has 0 aliphatic rings. The average Bonchev–Trinajstić information content (AvgIpc) is 3.27. The fourth-order valence-electron chi connectivity index (χ4n) is 2.64. The number of rotatable bonds is 3. The summed E-state index contributed by atoms with van der Waals surface area (Å²) in [6, 6.07) is 10.5. The van der Waals surface area contributed by atoms with E-state index in [9.17, 15) is 13.2 Å². The van der Waals surface area contributed by atoms with Gasteiger partial charge in [-0.1, -0.05) is 18.2 Å². The van der Waals surface area contributed by atoms with E-state index in [-0.39, 0.29) is 22.9 Å². The first-order valence-corrected chi connectivity index (χ1v) is 7.78. The number of alkyl halides is 3. The Morgan fingerprint density at radius 3 is 2.33 bits per heavy atom. The van der Waals surface area contributed by atoms with Crippen LogP contribution in [0.1, 0.15) is 5.69 Å². The first-order valence-electron chi connectivity index (χ1n) is 7.78. The molecule has 0 unspecified atom stereocenters. The van der Waals surface area contributed by atoms with Gasteiger partial charge in [0.15, 0.2) is 5.69 Å². The molecule has 2 N–H and O–H groups in total. The van der Waals surface area contributed by atoms with Gasteiger partial charge in [-0.15, -0.1) is 0 Å².